The van der Waals surface area contributed by atoms with Crippen molar-refractivity contribution in [2.45, 2.75) is 19.3 Å². The first-order chi connectivity index (χ1) is 12.7. The summed E-state index contributed by atoms with van der Waals surface area (Å²) in [5.41, 5.74) is 2.62. The Labute approximate surface area is 156 Å². The van der Waals surface area contributed by atoms with Crippen molar-refractivity contribution in [3.05, 3.63) is 59.6 Å². The fourth-order valence-corrected chi connectivity index (χ4v) is 3.24. The van der Waals surface area contributed by atoms with Gasteiger partial charge in [-0.15, -0.1) is 0 Å². The number of carbonyl (C=O) groups excluding carboxylic acids is 1. The Balaban J connectivity index is 1.77. The lowest BCUT2D eigenvalue weighted by molar-refractivity contribution is 0.0718. The third kappa shape index (κ3) is 3.32. The van der Waals surface area contributed by atoms with Crippen molar-refractivity contribution >= 4 is 17.5 Å². The first-order valence-corrected chi connectivity index (χ1v) is 9.02. The average molecular weight is 368 g/mol. The number of pyridine rings is 2. The molecule has 3 aromatic rings. The molecule has 3 aromatic heterocycles. The normalized spacial score (nSPS) is 14.4. The second kappa shape index (κ2) is 7.25. The van der Waals surface area contributed by atoms with Crippen molar-refractivity contribution in [2.75, 3.05) is 13.1 Å². The smallest absolute Gasteiger partial charge is 0.274 e. The molecule has 4 rings (SSSR count). The summed E-state index contributed by atoms with van der Waals surface area (Å²) in [6.07, 6.45) is 8.26. The first-order valence-electron chi connectivity index (χ1n) is 8.64. The number of hydrogen-bond acceptors (Lipinski definition) is 4. The zero-order chi connectivity index (χ0) is 17.9. The van der Waals surface area contributed by atoms with E-state index in [-0.39, 0.29) is 5.91 Å². The maximum Gasteiger partial charge on any atom is 0.274 e. The highest BCUT2D eigenvalue weighted by molar-refractivity contribution is 6.30. The van der Waals surface area contributed by atoms with Gasteiger partial charge in [0.15, 0.2) is 5.69 Å². The number of nitrogens with zero attached hydrogens (tertiary/aromatic N) is 5. The Morgan fingerprint density at radius 3 is 2.62 bits per heavy atom. The van der Waals surface area contributed by atoms with E-state index in [9.17, 15) is 4.79 Å². The maximum absolute atomic E-state index is 12.9. The van der Waals surface area contributed by atoms with Crippen LogP contribution >= 0.6 is 11.6 Å². The van der Waals surface area contributed by atoms with Gasteiger partial charge in [-0.2, -0.15) is 5.10 Å². The van der Waals surface area contributed by atoms with E-state index in [1.54, 1.807) is 35.4 Å². The second-order valence-electron chi connectivity index (χ2n) is 6.25. The minimum absolute atomic E-state index is 0.0393. The molecule has 1 saturated heterocycles. The molecule has 26 heavy (non-hydrogen) atoms. The summed E-state index contributed by atoms with van der Waals surface area (Å²) in [5, 5.41) is 5.13. The van der Waals surface area contributed by atoms with E-state index in [1.165, 1.54) is 6.42 Å². The number of amides is 1. The molecule has 132 valence electrons. The van der Waals surface area contributed by atoms with Crippen LogP contribution in [-0.2, 0) is 0 Å². The van der Waals surface area contributed by atoms with E-state index < -0.39 is 0 Å². The van der Waals surface area contributed by atoms with Gasteiger partial charge < -0.3 is 4.90 Å². The van der Waals surface area contributed by atoms with Gasteiger partial charge in [-0.05, 0) is 49.6 Å². The molecule has 1 aliphatic heterocycles. The number of piperidine rings is 1. The van der Waals surface area contributed by atoms with E-state index in [1.807, 2.05) is 23.1 Å². The minimum atomic E-state index is -0.0393. The highest BCUT2D eigenvalue weighted by Gasteiger charge is 2.23. The first kappa shape index (κ1) is 16.7. The van der Waals surface area contributed by atoms with Crippen LogP contribution in [0.4, 0.5) is 0 Å². The number of likely N-dealkylation sites (tertiary alicyclic amines) is 1. The highest BCUT2D eigenvalue weighted by atomic mass is 35.5. The molecule has 7 heteroatoms. The molecule has 0 aromatic carbocycles. The quantitative estimate of drug-likeness (QED) is 0.709. The van der Waals surface area contributed by atoms with Crippen molar-refractivity contribution in [3.63, 3.8) is 0 Å². The van der Waals surface area contributed by atoms with E-state index >= 15 is 0 Å². The zero-order valence-electron chi connectivity index (χ0n) is 14.2. The predicted octanol–water partition coefficient (Wildman–Crippen LogP) is 3.61. The lowest BCUT2D eigenvalue weighted by atomic mass is 10.1. The van der Waals surface area contributed by atoms with Gasteiger partial charge in [0.1, 0.15) is 0 Å². The van der Waals surface area contributed by atoms with Gasteiger partial charge in [-0.3, -0.25) is 14.8 Å². The van der Waals surface area contributed by atoms with E-state index in [4.69, 9.17) is 11.6 Å². The van der Waals surface area contributed by atoms with E-state index in [2.05, 4.69) is 15.1 Å². The van der Waals surface area contributed by atoms with Gasteiger partial charge >= 0.3 is 0 Å². The van der Waals surface area contributed by atoms with Crippen LogP contribution in [0.15, 0.2) is 48.9 Å². The molecule has 0 atom stereocenters. The number of hydrogen-bond donors (Lipinski definition) is 0. The largest absolute Gasteiger partial charge is 0.337 e. The number of halogens is 1. The number of aromatic nitrogens is 4. The second-order valence-corrected chi connectivity index (χ2v) is 6.69. The van der Waals surface area contributed by atoms with Gasteiger partial charge in [-0.25, -0.2) is 4.68 Å². The molecule has 1 amide bonds. The number of carbonyl (C=O) groups is 1. The summed E-state index contributed by atoms with van der Waals surface area (Å²) >= 11 is 5.96. The summed E-state index contributed by atoms with van der Waals surface area (Å²) in [4.78, 5) is 23.3. The fraction of sp³-hybridized carbons (Fsp3) is 0.263. The maximum atomic E-state index is 12.9. The van der Waals surface area contributed by atoms with Crippen molar-refractivity contribution < 1.29 is 4.79 Å². The van der Waals surface area contributed by atoms with Gasteiger partial charge in [0, 0.05) is 25.5 Å². The van der Waals surface area contributed by atoms with Crippen LogP contribution in [0.2, 0.25) is 5.02 Å². The molecule has 0 saturated carbocycles. The average Bonchev–Trinajstić information content (AvgIpc) is 3.15. The standard InChI is InChI=1S/C19H18ClN5O/c20-14-6-7-16(22-12-14)18-11-17(19(26)24-9-2-1-3-10-24)23-25(18)15-5-4-8-21-13-15/h4-8,11-13H,1-3,9-10H2. The summed E-state index contributed by atoms with van der Waals surface area (Å²) < 4.78 is 1.71. The monoisotopic (exact) mass is 367 g/mol. The molecule has 6 nitrogen and oxygen atoms in total. The summed E-state index contributed by atoms with van der Waals surface area (Å²) in [5.74, 6) is -0.0393. The van der Waals surface area contributed by atoms with Crippen molar-refractivity contribution in [1.82, 2.24) is 24.6 Å². The lowest BCUT2D eigenvalue weighted by Gasteiger charge is -2.25. The topological polar surface area (TPSA) is 63.9 Å². The highest BCUT2D eigenvalue weighted by Crippen LogP contribution is 2.24. The van der Waals surface area contributed by atoms with Gasteiger partial charge in [-0.1, -0.05) is 11.6 Å². The number of rotatable bonds is 3. The Bertz CT molecular complexity index is 901. The SMILES string of the molecule is O=C(c1cc(-c2ccc(Cl)cn2)n(-c2cccnc2)n1)N1CCCCC1. The summed E-state index contributed by atoms with van der Waals surface area (Å²) in [6, 6.07) is 9.12. The van der Waals surface area contributed by atoms with Crippen LogP contribution in [-0.4, -0.2) is 43.6 Å². The molecule has 1 fully saturated rings. The van der Waals surface area contributed by atoms with Crippen LogP contribution in [0.5, 0.6) is 0 Å². The third-order valence-corrected chi connectivity index (χ3v) is 4.68. The van der Waals surface area contributed by atoms with E-state index in [0.29, 0.717) is 16.4 Å². The summed E-state index contributed by atoms with van der Waals surface area (Å²) in [7, 11) is 0. The molecule has 0 radical (unpaired) electrons. The van der Waals surface area contributed by atoms with Crippen molar-refractivity contribution in [2.24, 2.45) is 0 Å². The van der Waals surface area contributed by atoms with Crippen molar-refractivity contribution in [1.29, 1.82) is 0 Å². The van der Waals surface area contributed by atoms with Crippen LogP contribution in [0.1, 0.15) is 29.8 Å². The molecule has 0 bridgehead atoms. The Hall–Kier alpha value is -2.73. The lowest BCUT2D eigenvalue weighted by Crippen LogP contribution is -2.35. The molecule has 4 heterocycles. The Kier molecular flexibility index (Phi) is 4.67. The van der Waals surface area contributed by atoms with Gasteiger partial charge in [0.25, 0.3) is 5.91 Å². The van der Waals surface area contributed by atoms with Crippen LogP contribution < -0.4 is 0 Å². The molecule has 0 unspecified atom stereocenters. The van der Waals surface area contributed by atoms with Crippen LogP contribution in [0, 0.1) is 0 Å². The molecule has 0 spiro atoms. The molecule has 0 aliphatic carbocycles. The van der Waals surface area contributed by atoms with Crippen molar-refractivity contribution in [3.8, 4) is 17.1 Å². The predicted molar refractivity (Wildman–Crippen MR) is 99.4 cm³/mol. The van der Waals surface area contributed by atoms with Crippen LogP contribution in [0.3, 0.4) is 0 Å². The van der Waals surface area contributed by atoms with Gasteiger partial charge in [0.2, 0.25) is 0 Å². The Morgan fingerprint density at radius 2 is 1.92 bits per heavy atom. The van der Waals surface area contributed by atoms with Crippen LogP contribution in [0.25, 0.3) is 17.1 Å². The fourth-order valence-electron chi connectivity index (χ4n) is 3.13. The third-order valence-electron chi connectivity index (χ3n) is 4.45. The molecular formula is C19H18ClN5O. The zero-order valence-corrected chi connectivity index (χ0v) is 14.9. The molecule has 1 aliphatic rings. The summed E-state index contributed by atoms with van der Waals surface area (Å²) in [6.45, 7) is 1.57. The van der Waals surface area contributed by atoms with E-state index in [0.717, 1.165) is 37.3 Å². The minimum Gasteiger partial charge on any atom is -0.337 e. The van der Waals surface area contributed by atoms with Gasteiger partial charge in [0.05, 0.1) is 28.3 Å². The molecular weight excluding hydrogens is 350 g/mol. The molecule has 0 N–H and O–H groups in total. The Morgan fingerprint density at radius 1 is 1.08 bits per heavy atom.